The summed E-state index contributed by atoms with van der Waals surface area (Å²) in [6, 6.07) is 13.2. The zero-order valence-electron chi connectivity index (χ0n) is 16.1. The number of aromatic nitrogens is 2. The summed E-state index contributed by atoms with van der Waals surface area (Å²) in [5.41, 5.74) is 1.91. The average molecular weight is 420 g/mol. The minimum absolute atomic E-state index is 0.149. The van der Waals surface area contributed by atoms with Crippen molar-refractivity contribution in [1.29, 1.82) is 0 Å². The first kappa shape index (κ1) is 18.5. The predicted molar refractivity (Wildman–Crippen MR) is 117 cm³/mol. The van der Waals surface area contributed by atoms with Crippen molar-refractivity contribution in [2.24, 2.45) is 7.05 Å². The first-order valence-electron chi connectivity index (χ1n) is 9.16. The Morgan fingerprint density at radius 1 is 0.833 bits per heavy atom. The van der Waals surface area contributed by atoms with Crippen LogP contribution < -0.4 is 10.9 Å². The molecule has 0 aliphatic heterocycles. The van der Waals surface area contributed by atoms with Gasteiger partial charge in [-0.1, -0.05) is 12.1 Å². The lowest BCUT2D eigenvalue weighted by molar-refractivity contribution is 0.482. The van der Waals surface area contributed by atoms with Gasteiger partial charge in [-0.15, -0.1) is 0 Å². The maximum atomic E-state index is 13.2. The van der Waals surface area contributed by atoms with E-state index in [1.807, 2.05) is 23.7 Å². The Kier molecular flexibility index (Phi) is 3.71. The van der Waals surface area contributed by atoms with Gasteiger partial charge in [-0.25, -0.2) is 0 Å². The summed E-state index contributed by atoms with van der Waals surface area (Å²) in [7, 11) is -2.60. The van der Waals surface area contributed by atoms with Gasteiger partial charge >= 0.3 is 0 Å². The Morgan fingerprint density at radius 2 is 1.47 bits per heavy atom. The highest BCUT2D eigenvalue weighted by molar-refractivity contribution is 7.85. The predicted octanol–water partition coefficient (Wildman–Crippen LogP) is 3.24. The molecule has 0 spiro atoms. The van der Waals surface area contributed by atoms with Crippen molar-refractivity contribution in [2.75, 3.05) is 0 Å². The number of nitrogens with one attached hydrogen (secondary N) is 1. The average Bonchev–Trinajstić information content (AvgIpc) is 2.71. The van der Waals surface area contributed by atoms with Gasteiger partial charge in [0.2, 0.25) is 0 Å². The molecule has 0 atom stereocenters. The van der Waals surface area contributed by atoms with Gasteiger partial charge in [0.05, 0.1) is 27.0 Å². The van der Waals surface area contributed by atoms with E-state index in [0.29, 0.717) is 32.6 Å². The Morgan fingerprint density at radius 3 is 2.20 bits per heavy atom. The summed E-state index contributed by atoms with van der Waals surface area (Å²) in [6.45, 7) is 1.52. The summed E-state index contributed by atoms with van der Waals surface area (Å²) < 4.78 is 34.6. The van der Waals surface area contributed by atoms with E-state index in [1.165, 1.54) is 19.1 Å². The number of rotatable bonds is 1. The van der Waals surface area contributed by atoms with E-state index in [4.69, 9.17) is 0 Å². The zero-order valence-corrected chi connectivity index (χ0v) is 16.9. The maximum absolute atomic E-state index is 13.2. The quantitative estimate of drug-likeness (QED) is 0.320. The number of aromatic amines is 1. The molecule has 7 nitrogen and oxygen atoms in total. The number of aryl methyl sites for hydroxylation is 2. The molecule has 0 aliphatic rings. The first-order valence-corrected chi connectivity index (χ1v) is 10.6. The smallest absolute Gasteiger partial charge is 0.294 e. The second-order valence-electron chi connectivity index (χ2n) is 7.41. The van der Waals surface area contributed by atoms with Crippen LogP contribution in [0.3, 0.4) is 0 Å². The molecule has 2 aromatic heterocycles. The van der Waals surface area contributed by atoms with Crippen molar-refractivity contribution in [1.82, 2.24) is 9.55 Å². The van der Waals surface area contributed by atoms with Crippen LogP contribution in [0.1, 0.15) is 5.56 Å². The summed E-state index contributed by atoms with van der Waals surface area (Å²) in [5.74, 6) is 0. The highest BCUT2D eigenvalue weighted by Gasteiger charge is 2.17. The molecule has 0 aliphatic carbocycles. The standard InChI is InChI=1S/C22H16N2O5S/c1-11-7-13-17(10-20(11)30(27,28)29)23-16-8-15-19(9-14(16)22(13)26)24(2)18-6-4-3-5-12(18)21(15)25/h3-10H,1-2H3,(H,23,26)(H,27,28,29). The molecule has 0 amide bonds. The van der Waals surface area contributed by atoms with E-state index in [9.17, 15) is 22.6 Å². The van der Waals surface area contributed by atoms with Crippen LogP contribution in [-0.4, -0.2) is 22.5 Å². The number of fused-ring (bicyclic) bond motifs is 4. The van der Waals surface area contributed by atoms with E-state index in [2.05, 4.69) is 4.98 Å². The molecule has 0 radical (unpaired) electrons. The Bertz CT molecular complexity index is 1780. The van der Waals surface area contributed by atoms with E-state index in [-0.39, 0.29) is 26.8 Å². The molecule has 0 fully saturated rings. The van der Waals surface area contributed by atoms with Crippen LogP contribution in [0.15, 0.2) is 63.0 Å². The maximum Gasteiger partial charge on any atom is 0.294 e. The minimum atomic E-state index is -4.44. The van der Waals surface area contributed by atoms with Gasteiger partial charge in [0, 0.05) is 28.6 Å². The molecule has 30 heavy (non-hydrogen) atoms. The van der Waals surface area contributed by atoms with Gasteiger partial charge in [0.1, 0.15) is 0 Å². The van der Waals surface area contributed by atoms with Crippen molar-refractivity contribution < 1.29 is 13.0 Å². The number of H-pyrrole nitrogens is 1. The van der Waals surface area contributed by atoms with Crippen LogP contribution >= 0.6 is 0 Å². The number of hydrogen-bond donors (Lipinski definition) is 2. The monoisotopic (exact) mass is 420 g/mol. The van der Waals surface area contributed by atoms with Crippen molar-refractivity contribution >= 4 is 53.7 Å². The lowest BCUT2D eigenvalue weighted by Crippen LogP contribution is -2.12. The fourth-order valence-corrected chi connectivity index (χ4v) is 4.85. The lowest BCUT2D eigenvalue weighted by atomic mass is 10.0. The molecule has 150 valence electrons. The normalized spacial score (nSPS) is 12.4. The number of benzene rings is 3. The molecular weight excluding hydrogens is 404 g/mol. The molecule has 5 rings (SSSR count). The third-order valence-corrected chi connectivity index (χ3v) is 6.60. The number of nitrogens with zero attached hydrogens (tertiary/aromatic N) is 1. The molecule has 2 N–H and O–H groups in total. The molecule has 8 heteroatoms. The number of hydrogen-bond acceptors (Lipinski definition) is 4. The molecule has 5 aromatic rings. The van der Waals surface area contributed by atoms with E-state index in [1.54, 1.807) is 24.3 Å². The second kappa shape index (κ2) is 6.01. The Labute approximate surface area is 169 Å². The summed E-state index contributed by atoms with van der Waals surface area (Å²) in [4.78, 5) is 29.0. The molecule has 0 saturated heterocycles. The summed E-state index contributed by atoms with van der Waals surface area (Å²) in [5, 5.41) is 1.71. The number of para-hydroxylation sites is 1. The molecular formula is C22H16N2O5S. The highest BCUT2D eigenvalue weighted by Crippen LogP contribution is 2.25. The molecule has 3 aromatic carbocycles. The van der Waals surface area contributed by atoms with Gasteiger partial charge in [-0.3, -0.25) is 14.1 Å². The molecule has 2 heterocycles. The van der Waals surface area contributed by atoms with Crippen molar-refractivity contribution in [3.63, 3.8) is 0 Å². The fraction of sp³-hybridized carbons (Fsp3) is 0.0909. The van der Waals surface area contributed by atoms with E-state index >= 15 is 0 Å². The molecule has 0 unspecified atom stereocenters. The van der Waals surface area contributed by atoms with Crippen LogP contribution in [0.5, 0.6) is 0 Å². The zero-order chi connectivity index (χ0) is 21.4. The van der Waals surface area contributed by atoms with Crippen molar-refractivity contribution in [2.45, 2.75) is 11.8 Å². The second-order valence-corrected chi connectivity index (χ2v) is 8.80. The van der Waals surface area contributed by atoms with E-state index < -0.39 is 10.1 Å². The van der Waals surface area contributed by atoms with Crippen molar-refractivity contribution in [3.05, 3.63) is 74.5 Å². The first-order chi connectivity index (χ1) is 14.2. The molecule has 0 bridgehead atoms. The van der Waals surface area contributed by atoms with Gasteiger partial charge in [-0.2, -0.15) is 8.42 Å². The van der Waals surface area contributed by atoms with Gasteiger partial charge in [0.15, 0.2) is 10.9 Å². The van der Waals surface area contributed by atoms with Crippen LogP contribution in [0.25, 0.3) is 43.6 Å². The number of pyridine rings is 2. The Hall–Kier alpha value is -3.49. The van der Waals surface area contributed by atoms with Crippen LogP contribution in [0.4, 0.5) is 0 Å². The van der Waals surface area contributed by atoms with Gasteiger partial charge in [0.25, 0.3) is 10.1 Å². The van der Waals surface area contributed by atoms with Crippen LogP contribution in [-0.2, 0) is 17.2 Å². The van der Waals surface area contributed by atoms with Gasteiger partial charge < -0.3 is 9.55 Å². The van der Waals surface area contributed by atoms with E-state index in [0.717, 1.165) is 5.52 Å². The van der Waals surface area contributed by atoms with Crippen molar-refractivity contribution in [3.8, 4) is 0 Å². The summed E-state index contributed by atoms with van der Waals surface area (Å²) >= 11 is 0. The SMILES string of the molecule is Cc1cc2c(=O)c3cc4c(cc3[nH]c2cc1S(=O)(=O)O)c(=O)c1ccccc1n4C. The lowest BCUT2D eigenvalue weighted by Gasteiger charge is -2.12. The van der Waals surface area contributed by atoms with Crippen LogP contribution in [0.2, 0.25) is 0 Å². The topological polar surface area (TPSA) is 109 Å². The largest absolute Gasteiger partial charge is 0.354 e. The minimum Gasteiger partial charge on any atom is -0.354 e. The van der Waals surface area contributed by atoms with Crippen LogP contribution in [0, 0.1) is 6.92 Å². The van der Waals surface area contributed by atoms with Gasteiger partial charge in [-0.05, 0) is 48.9 Å². The highest BCUT2D eigenvalue weighted by atomic mass is 32.2. The summed E-state index contributed by atoms with van der Waals surface area (Å²) in [6.07, 6.45) is 0. The fourth-order valence-electron chi connectivity index (χ4n) is 4.12. The third-order valence-electron chi connectivity index (χ3n) is 5.60. The third kappa shape index (κ3) is 2.51. The molecule has 0 saturated carbocycles. The Balaban J connectivity index is 1.99.